The Balaban J connectivity index is 3.17. The molecule has 0 bridgehead atoms. The number of aliphatic hydroxyl groups excluding tert-OH is 1. The van der Waals surface area contributed by atoms with Gasteiger partial charge in [-0.2, -0.15) is 0 Å². The van der Waals surface area contributed by atoms with Crippen LogP contribution in [0.2, 0.25) is 0 Å². The van der Waals surface area contributed by atoms with Crippen LogP contribution in [0.5, 0.6) is 0 Å². The van der Waals surface area contributed by atoms with Gasteiger partial charge in [-0.15, -0.1) is 11.3 Å². The molecule has 44 heavy (non-hydrogen) atoms. The minimum absolute atomic E-state index is 0.0468. The van der Waals surface area contributed by atoms with Crippen LogP contribution in [0.25, 0.3) is 0 Å². The minimum atomic E-state index is -1.30. The molecule has 4 atom stereocenters. The molecule has 13 N–H and O–H groups in total. The zero-order valence-corrected chi connectivity index (χ0v) is 26.1. The molecule has 1 rings (SSSR count). The Kier molecular flexibility index (Phi) is 17.0. The van der Waals surface area contributed by atoms with E-state index in [9.17, 15) is 29.1 Å². The number of guanidine groups is 2. The quantitative estimate of drug-likeness (QED) is 0.0309. The molecule has 0 spiro atoms. The monoisotopic (exact) mass is 639 g/mol. The number of amides is 4. The molecule has 1 aromatic rings. The van der Waals surface area contributed by atoms with Crippen molar-refractivity contribution in [3.8, 4) is 0 Å². The molecule has 0 unspecified atom stereocenters. The number of rotatable bonds is 20. The molecular formula is C26H45N11O6S. The van der Waals surface area contributed by atoms with Crippen LogP contribution in [-0.4, -0.2) is 95.3 Å². The van der Waals surface area contributed by atoms with Crippen LogP contribution >= 0.6 is 11.3 Å². The normalized spacial score (nSPS) is 13.5. The standard InChI is InChI=1S/C26H45N11O6S/c1-14(2)12-18(22(42)35-16(6-4-8-32-25(27)28)20(40)24-31-10-11-44-24)37-21(41)17(7-5-9-33-26(29)30)36-23(43)19(13-38)34-15(3)39/h10-11,14,16-19,38H,4-9,12-13H2,1-3H3,(H,34,39)(H,35,42)(H,36,43)(H,37,41)(H4,27,28,32)(H4,29,30,33)/t16-,17+,18-,19-/m0/s1. The molecule has 246 valence electrons. The summed E-state index contributed by atoms with van der Waals surface area (Å²) in [4.78, 5) is 76.2. The third-order valence-corrected chi connectivity index (χ3v) is 6.80. The summed E-state index contributed by atoms with van der Waals surface area (Å²) in [5.41, 5.74) is 21.5. The zero-order valence-electron chi connectivity index (χ0n) is 25.2. The number of nitrogens with two attached hydrogens (primary N) is 4. The SMILES string of the molecule is CC(=O)N[C@@H](CO)C(=O)N[C@H](CCCN=C(N)N)C(=O)N[C@@H](CC(C)C)C(=O)N[C@@H](CCCN=C(N)N)C(=O)c1nccs1. The second kappa shape index (κ2) is 19.8. The van der Waals surface area contributed by atoms with Gasteiger partial charge < -0.3 is 49.3 Å². The summed E-state index contributed by atoms with van der Waals surface area (Å²) in [6.07, 6.45) is 2.63. The largest absolute Gasteiger partial charge is 0.394 e. The number of carbonyl (C=O) groups is 5. The first-order valence-electron chi connectivity index (χ1n) is 14.1. The summed E-state index contributed by atoms with van der Waals surface area (Å²) in [6, 6.07) is -4.51. The molecule has 0 radical (unpaired) electrons. The second-order valence-electron chi connectivity index (χ2n) is 10.3. The molecule has 0 saturated carbocycles. The average Bonchev–Trinajstić information content (AvgIpc) is 3.48. The van der Waals surface area contributed by atoms with Crippen molar-refractivity contribution in [3.05, 3.63) is 16.6 Å². The van der Waals surface area contributed by atoms with E-state index in [-0.39, 0.29) is 61.6 Å². The summed E-state index contributed by atoms with van der Waals surface area (Å²) >= 11 is 1.13. The van der Waals surface area contributed by atoms with Crippen molar-refractivity contribution in [1.82, 2.24) is 26.3 Å². The molecule has 0 aliphatic carbocycles. The van der Waals surface area contributed by atoms with Gasteiger partial charge in [-0.3, -0.25) is 34.0 Å². The highest BCUT2D eigenvalue weighted by Gasteiger charge is 2.32. The van der Waals surface area contributed by atoms with E-state index >= 15 is 0 Å². The second-order valence-corrected chi connectivity index (χ2v) is 11.2. The number of hydrogen-bond donors (Lipinski definition) is 9. The highest BCUT2D eigenvalue weighted by Crippen LogP contribution is 2.13. The number of hydrogen-bond acceptors (Lipinski definition) is 10. The summed E-state index contributed by atoms with van der Waals surface area (Å²) in [7, 11) is 0. The Hall–Kier alpha value is -4.32. The number of thiazole rings is 1. The first-order valence-corrected chi connectivity index (χ1v) is 15.0. The lowest BCUT2D eigenvalue weighted by molar-refractivity contribution is -0.134. The van der Waals surface area contributed by atoms with Crippen molar-refractivity contribution in [2.75, 3.05) is 19.7 Å². The van der Waals surface area contributed by atoms with Crippen LogP contribution in [-0.2, 0) is 19.2 Å². The van der Waals surface area contributed by atoms with Gasteiger partial charge in [0.15, 0.2) is 16.9 Å². The summed E-state index contributed by atoms with van der Waals surface area (Å²) in [5, 5.41) is 21.7. The molecule has 0 saturated heterocycles. The lowest BCUT2D eigenvalue weighted by Crippen LogP contribution is -2.58. The van der Waals surface area contributed by atoms with Crippen molar-refractivity contribution in [3.63, 3.8) is 0 Å². The van der Waals surface area contributed by atoms with Gasteiger partial charge in [-0.1, -0.05) is 13.8 Å². The lowest BCUT2D eigenvalue weighted by Gasteiger charge is -2.27. The Morgan fingerprint density at radius 2 is 1.32 bits per heavy atom. The first-order chi connectivity index (χ1) is 20.7. The van der Waals surface area contributed by atoms with Gasteiger partial charge in [0.25, 0.3) is 0 Å². The fourth-order valence-electron chi connectivity index (χ4n) is 4.00. The number of carbonyl (C=O) groups excluding carboxylic acids is 5. The number of Topliss-reactive ketones (excluding diaryl/α,β-unsaturated/α-hetero) is 1. The maximum absolute atomic E-state index is 13.5. The highest BCUT2D eigenvalue weighted by molar-refractivity contribution is 7.11. The van der Waals surface area contributed by atoms with Crippen LogP contribution in [0, 0.1) is 5.92 Å². The summed E-state index contributed by atoms with van der Waals surface area (Å²) in [5.74, 6) is -3.35. The van der Waals surface area contributed by atoms with Gasteiger partial charge in [0.05, 0.1) is 12.6 Å². The van der Waals surface area contributed by atoms with Crippen molar-refractivity contribution < 1.29 is 29.1 Å². The first kappa shape index (κ1) is 37.7. The van der Waals surface area contributed by atoms with E-state index in [1.165, 1.54) is 13.1 Å². The number of aliphatic hydroxyl groups is 1. The molecule has 0 aliphatic rings. The number of nitrogens with zero attached hydrogens (tertiary/aromatic N) is 3. The van der Waals surface area contributed by atoms with Crippen molar-refractivity contribution in [2.45, 2.75) is 77.0 Å². The predicted octanol–water partition coefficient (Wildman–Crippen LogP) is -2.57. The maximum atomic E-state index is 13.5. The molecule has 0 fully saturated rings. The van der Waals surface area contributed by atoms with Gasteiger partial charge in [0.1, 0.15) is 18.1 Å². The van der Waals surface area contributed by atoms with E-state index in [1.54, 1.807) is 5.38 Å². The van der Waals surface area contributed by atoms with Gasteiger partial charge >= 0.3 is 0 Å². The number of ketones is 1. The van der Waals surface area contributed by atoms with E-state index in [0.717, 1.165) is 11.3 Å². The molecular weight excluding hydrogens is 594 g/mol. The smallest absolute Gasteiger partial charge is 0.245 e. The van der Waals surface area contributed by atoms with E-state index < -0.39 is 60.2 Å². The van der Waals surface area contributed by atoms with Crippen molar-refractivity contribution in [2.24, 2.45) is 38.8 Å². The van der Waals surface area contributed by atoms with Crippen molar-refractivity contribution in [1.29, 1.82) is 0 Å². The molecule has 18 heteroatoms. The molecule has 0 aliphatic heterocycles. The Morgan fingerprint density at radius 1 is 0.818 bits per heavy atom. The fraction of sp³-hybridized carbons (Fsp3) is 0.615. The third-order valence-electron chi connectivity index (χ3n) is 6.02. The van der Waals surface area contributed by atoms with Crippen LogP contribution in [0.15, 0.2) is 21.6 Å². The number of nitrogens with one attached hydrogen (secondary N) is 4. The Morgan fingerprint density at radius 3 is 1.80 bits per heavy atom. The van der Waals surface area contributed by atoms with Gasteiger partial charge in [0.2, 0.25) is 29.4 Å². The number of aliphatic imine (C=N–C) groups is 2. The van der Waals surface area contributed by atoms with E-state index in [4.69, 9.17) is 22.9 Å². The summed E-state index contributed by atoms with van der Waals surface area (Å²) < 4.78 is 0. The molecule has 17 nitrogen and oxygen atoms in total. The van der Waals surface area contributed by atoms with Gasteiger partial charge in [-0.05, 0) is 38.0 Å². The molecule has 1 heterocycles. The van der Waals surface area contributed by atoms with Gasteiger partial charge in [-0.25, -0.2) is 4.98 Å². The third kappa shape index (κ3) is 14.7. The van der Waals surface area contributed by atoms with Crippen LogP contribution < -0.4 is 44.2 Å². The number of aromatic nitrogens is 1. The van der Waals surface area contributed by atoms with Crippen LogP contribution in [0.1, 0.15) is 62.7 Å². The minimum Gasteiger partial charge on any atom is -0.394 e. The van der Waals surface area contributed by atoms with E-state index in [0.29, 0.717) is 6.42 Å². The van der Waals surface area contributed by atoms with E-state index in [1.807, 2.05) is 13.8 Å². The highest BCUT2D eigenvalue weighted by atomic mass is 32.1. The van der Waals surface area contributed by atoms with Crippen LogP contribution in [0.4, 0.5) is 0 Å². The molecule has 1 aromatic heterocycles. The lowest BCUT2D eigenvalue weighted by atomic mass is 10.0. The molecule has 4 amide bonds. The zero-order chi connectivity index (χ0) is 33.2. The molecule has 0 aromatic carbocycles. The van der Waals surface area contributed by atoms with Gasteiger partial charge in [0, 0.05) is 31.6 Å². The maximum Gasteiger partial charge on any atom is 0.245 e. The van der Waals surface area contributed by atoms with Crippen molar-refractivity contribution >= 4 is 52.7 Å². The predicted molar refractivity (Wildman–Crippen MR) is 166 cm³/mol. The topological polar surface area (TPSA) is 295 Å². The Labute approximate surface area is 260 Å². The van der Waals surface area contributed by atoms with E-state index in [2.05, 4.69) is 36.2 Å². The van der Waals surface area contributed by atoms with Crippen LogP contribution in [0.3, 0.4) is 0 Å². The fourth-order valence-corrected chi connectivity index (χ4v) is 4.63. The summed E-state index contributed by atoms with van der Waals surface area (Å²) in [6.45, 7) is 4.58. The average molecular weight is 640 g/mol. The Bertz CT molecular complexity index is 1150.